The van der Waals surface area contributed by atoms with Crippen LogP contribution in [-0.4, -0.2) is 47.0 Å². The van der Waals surface area contributed by atoms with E-state index in [-0.39, 0.29) is 17.6 Å². The fourth-order valence-corrected chi connectivity index (χ4v) is 3.76. The van der Waals surface area contributed by atoms with Crippen LogP contribution in [0.1, 0.15) is 26.2 Å². The first kappa shape index (κ1) is 14.8. The number of hydrogen-bond donors (Lipinski definition) is 2. The lowest BCUT2D eigenvalue weighted by Crippen LogP contribution is -2.62. The van der Waals surface area contributed by atoms with Crippen molar-refractivity contribution in [2.24, 2.45) is 5.41 Å². The SMILES string of the molecule is CCO[C@@H]1C[C@H](O)C12CCN(c1ncnc(N)c1Cl)CC2. The zero-order valence-corrected chi connectivity index (χ0v) is 12.9. The van der Waals surface area contributed by atoms with Gasteiger partial charge in [-0.2, -0.15) is 0 Å². The van der Waals surface area contributed by atoms with Crippen LogP contribution in [-0.2, 0) is 4.74 Å². The summed E-state index contributed by atoms with van der Waals surface area (Å²) in [5.41, 5.74) is 5.63. The number of aromatic nitrogens is 2. The second-order valence-electron chi connectivity index (χ2n) is 5.81. The molecule has 2 atom stereocenters. The van der Waals surface area contributed by atoms with Crippen molar-refractivity contribution < 1.29 is 9.84 Å². The van der Waals surface area contributed by atoms with Gasteiger partial charge in [-0.05, 0) is 19.8 Å². The molecule has 3 N–H and O–H groups in total. The third-order valence-corrected chi connectivity index (χ3v) is 5.26. The fourth-order valence-electron chi connectivity index (χ4n) is 3.55. The molecule has 3 rings (SSSR count). The Morgan fingerprint density at radius 1 is 1.48 bits per heavy atom. The number of rotatable bonds is 3. The molecule has 1 aromatic heterocycles. The van der Waals surface area contributed by atoms with E-state index in [1.54, 1.807) is 0 Å². The molecule has 1 aliphatic heterocycles. The van der Waals surface area contributed by atoms with Gasteiger partial charge in [-0.1, -0.05) is 11.6 Å². The smallest absolute Gasteiger partial charge is 0.153 e. The molecule has 2 heterocycles. The van der Waals surface area contributed by atoms with E-state index < -0.39 is 0 Å². The maximum absolute atomic E-state index is 10.2. The summed E-state index contributed by atoms with van der Waals surface area (Å²) in [7, 11) is 0. The summed E-state index contributed by atoms with van der Waals surface area (Å²) >= 11 is 6.19. The predicted octanol–water partition coefficient (Wildman–Crippen LogP) is 1.47. The lowest BCUT2D eigenvalue weighted by atomic mass is 9.58. The molecule has 1 spiro atoms. The topological polar surface area (TPSA) is 84.5 Å². The molecule has 0 aromatic carbocycles. The zero-order chi connectivity index (χ0) is 15.0. The van der Waals surface area contributed by atoms with Crippen LogP contribution < -0.4 is 10.6 Å². The molecule has 1 saturated heterocycles. The van der Waals surface area contributed by atoms with Gasteiger partial charge in [-0.3, -0.25) is 0 Å². The molecule has 6 nitrogen and oxygen atoms in total. The molecule has 21 heavy (non-hydrogen) atoms. The van der Waals surface area contributed by atoms with Crippen molar-refractivity contribution in [1.82, 2.24) is 9.97 Å². The van der Waals surface area contributed by atoms with Crippen molar-refractivity contribution in [3.05, 3.63) is 11.3 Å². The minimum atomic E-state index is -0.262. The Hall–Kier alpha value is -1.11. The van der Waals surface area contributed by atoms with Gasteiger partial charge >= 0.3 is 0 Å². The summed E-state index contributed by atoms with van der Waals surface area (Å²) < 4.78 is 5.78. The normalized spacial score (nSPS) is 27.7. The van der Waals surface area contributed by atoms with Gasteiger partial charge in [0.25, 0.3) is 0 Å². The van der Waals surface area contributed by atoms with Gasteiger partial charge in [0.2, 0.25) is 0 Å². The number of piperidine rings is 1. The van der Waals surface area contributed by atoms with Gasteiger partial charge in [-0.25, -0.2) is 9.97 Å². The molecule has 0 radical (unpaired) electrons. The van der Waals surface area contributed by atoms with E-state index >= 15 is 0 Å². The highest BCUT2D eigenvalue weighted by molar-refractivity contribution is 6.35. The maximum Gasteiger partial charge on any atom is 0.153 e. The molecule has 116 valence electrons. The number of aliphatic hydroxyl groups is 1. The van der Waals surface area contributed by atoms with Crippen LogP contribution in [0.25, 0.3) is 0 Å². The van der Waals surface area contributed by atoms with E-state index in [1.807, 2.05) is 6.92 Å². The molecule has 2 aliphatic rings. The maximum atomic E-state index is 10.2. The van der Waals surface area contributed by atoms with Crippen LogP contribution >= 0.6 is 11.6 Å². The Labute approximate surface area is 129 Å². The number of hydrogen-bond acceptors (Lipinski definition) is 6. The molecule has 7 heteroatoms. The largest absolute Gasteiger partial charge is 0.392 e. The van der Waals surface area contributed by atoms with Gasteiger partial charge in [0.1, 0.15) is 17.2 Å². The second-order valence-corrected chi connectivity index (χ2v) is 6.19. The van der Waals surface area contributed by atoms with Crippen molar-refractivity contribution in [2.45, 2.75) is 38.4 Å². The average Bonchev–Trinajstić information content (AvgIpc) is 2.50. The summed E-state index contributed by atoms with van der Waals surface area (Å²) in [5, 5.41) is 10.6. The predicted molar refractivity (Wildman–Crippen MR) is 81.4 cm³/mol. The highest BCUT2D eigenvalue weighted by atomic mass is 35.5. The lowest BCUT2D eigenvalue weighted by Gasteiger charge is -2.56. The number of halogens is 1. The van der Waals surface area contributed by atoms with Gasteiger partial charge < -0.3 is 20.5 Å². The second kappa shape index (κ2) is 5.59. The van der Waals surface area contributed by atoms with E-state index in [4.69, 9.17) is 22.1 Å². The number of nitrogens with two attached hydrogens (primary N) is 1. The Balaban J connectivity index is 1.72. The number of nitrogens with zero attached hydrogens (tertiary/aromatic N) is 3. The molecule has 0 amide bonds. The average molecular weight is 313 g/mol. The Morgan fingerprint density at radius 2 is 2.19 bits per heavy atom. The first-order valence-corrected chi connectivity index (χ1v) is 7.77. The summed E-state index contributed by atoms with van der Waals surface area (Å²) in [5.74, 6) is 0.985. The third-order valence-electron chi connectivity index (χ3n) is 4.90. The van der Waals surface area contributed by atoms with E-state index in [0.29, 0.717) is 23.3 Å². The summed E-state index contributed by atoms with van der Waals surface area (Å²) in [6, 6.07) is 0. The van der Waals surface area contributed by atoms with Crippen molar-refractivity contribution >= 4 is 23.2 Å². The minimum absolute atomic E-state index is 0.0996. The van der Waals surface area contributed by atoms with Crippen molar-refractivity contribution in [3.8, 4) is 0 Å². The lowest BCUT2D eigenvalue weighted by molar-refractivity contribution is -0.199. The Bertz CT molecular complexity index is 518. The number of nitrogen functional groups attached to an aromatic ring is 1. The van der Waals surface area contributed by atoms with E-state index in [9.17, 15) is 5.11 Å². The highest BCUT2D eigenvalue weighted by Gasteiger charge is 2.56. The van der Waals surface area contributed by atoms with Crippen LogP contribution in [0.2, 0.25) is 5.02 Å². The molecule has 1 aromatic rings. The van der Waals surface area contributed by atoms with Crippen molar-refractivity contribution in [1.29, 1.82) is 0 Å². The summed E-state index contributed by atoms with van der Waals surface area (Å²) in [6.45, 7) is 4.27. The number of ether oxygens (including phenoxy) is 1. The van der Waals surface area contributed by atoms with Gasteiger partial charge in [0.05, 0.1) is 12.2 Å². The fraction of sp³-hybridized carbons (Fsp3) is 0.714. The molecule has 0 unspecified atom stereocenters. The van der Waals surface area contributed by atoms with Crippen LogP contribution in [0.15, 0.2) is 6.33 Å². The van der Waals surface area contributed by atoms with Crippen LogP contribution in [0.4, 0.5) is 11.6 Å². The molecular weight excluding hydrogens is 292 g/mol. The van der Waals surface area contributed by atoms with Crippen molar-refractivity contribution in [3.63, 3.8) is 0 Å². The van der Waals surface area contributed by atoms with E-state index in [1.165, 1.54) is 6.33 Å². The minimum Gasteiger partial charge on any atom is -0.392 e. The molecule has 1 aliphatic carbocycles. The number of anilines is 2. The third kappa shape index (κ3) is 2.35. The van der Waals surface area contributed by atoms with Crippen LogP contribution in [0.3, 0.4) is 0 Å². The number of aliphatic hydroxyl groups excluding tert-OH is 1. The van der Waals surface area contributed by atoms with Crippen LogP contribution in [0, 0.1) is 5.41 Å². The van der Waals surface area contributed by atoms with Gasteiger partial charge in [0, 0.05) is 31.5 Å². The molecular formula is C14H21ClN4O2. The Kier molecular flexibility index (Phi) is 3.94. The first-order chi connectivity index (χ1) is 10.1. The monoisotopic (exact) mass is 312 g/mol. The Morgan fingerprint density at radius 3 is 2.81 bits per heavy atom. The highest BCUT2D eigenvalue weighted by Crippen LogP contribution is 2.51. The first-order valence-electron chi connectivity index (χ1n) is 7.39. The van der Waals surface area contributed by atoms with E-state index in [2.05, 4.69) is 14.9 Å². The summed E-state index contributed by atoms with van der Waals surface area (Å²) in [6.07, 6.45) is 3.84. The van der Waals surface area contributed by atoms with Crippen molar-refractivity contribution in [2.75, 3.05) is 30.3 Å². The summed E-state index contributed by atoms with van der Waals surface area (Å²) in [4.78, 5) is 10.2. The standard InChI is InChI=1S/C14H21ClN4O2/c1-2-21-10-7-9(20)14(10)3-5-19(6-4-14)13-11(15)12(16)17-8-18-13/h8-10,20H,2-7H2,1H3,(H2,16,17,18)/t9-,10+/m0/s1. The van der Waals surface area contributed by atoms with Gasteiger partial charge in [0.15, 0.2) is 5.82 Å². The quantitative estimate of drug-likeness (QED) is 0.879. The van der Waals surface area contributed by atoms with Crippen LogP contribution in [0.5, 0.6) is 0 Å². The van der Waals surface area contributed by atoms with E-state index in [0.717, 1.165) is 32.4 Å². The molecule has 2 fully saturated rings. The van der Waals surface area contributed by atoms with Gasteiger partial charge in [-0.15, -0.1) is 0 Å². The zero-order valence-electron chi connectivity index (χ0n) is 12.1. The molecule has 0 bridgehead atoms. The molecule has 1 saturated carbocycles.